The number of aromatic carboxylic acids is 1. The Bertz CT molecular complexity index is 676. The van der Waals surface area contributed by atoms with E-state index in [1.165, 1.54) is 17.5 Å². The quantitative estimate of drug-likeness (QED) is 0.670. The van der Waals surface area contributed by atoms with Crippen LogP contribution < -0.4 is 10.6 Å². The van der Waals surface area contributed by atoms with Gasteiger partial charge in [0, 0.05) is 11.9 Å². The molecule has 2 heterocycles. The van der Waals surface area contributed by atoms with Crippen LogP contribution in [0.3, 0.4) is 0 Å². The van der Waals surface area contributed by atoms with Crippen molar-refractivity contribution in [2.75, 3.05) is 11.9 Å². The minimum absolute atomic E-state index is 0.00735. The molecule has 7 nitrogen and oxygen atoms in total. The molecule has 0 fully saturated rings. The molecular formula is C13H13N3O4S. The minimum Gasteiger partial charge on any atom is -0.478 e. The summed E-state index contributed by atoms with van der Waals surface area (Å²) < 4.78 is 0. The van der Waals surface area contributed by atoms with Gasteiger partial charge in [-0.2, -0.15) is 0 Å². The summed E-state index contributed by atoms with van der Waals surface area (Å²) in [5.41, 5.74) is 0.628. The van der Waals surface area contributed by atoms with Crippen molar-refractivity contribution in [3.05, 3.63) is 39.8 Å². The molecule has 0 aliphatic carbocycles. The highest BCUT2D eigenvalue weighted by Crippen LogP contribution is 2.18. The van der Waals surface area contributed by atoms with Crippen molar-refractivity contribution >= 4 is 34.8 Å². The molecule has 0 bridgehead atoms. The number of carboxylic acids is 1. The van der Waals surface area contributed by atoms with Crippen LogP contribution in [0.2, 0.25) is 0 Å². The first-order chi connectivity index (χ1) is 9.99. The summed E-state index contributed by atoms with van der Waals surface area (Å²) >= 11 is 1.27. The molecule has 2 aromatic heterocycles. The van der Waals surface area contributed by atoms with Gasteiger partial charge in [-0.25, -0.2) is 4.79 Å². The average Bonchev–Trinajstić information content (AvgIpc) is 3.06. The van der Waals surface area contributed by atoms with Crippen molar-refractivity contribution in [2.24, 2.45) is 0 Å². The number of H-pyrrole nitrogens is 1. The Morgan fingerprint density at radius 2 is 2.14 bits per heavy atom. The highest BCUT2D eigenvalue weighted by Gasteiger charge is 2.17. The highest BCUT2D eigenvalue weighted by molar-refractivity contribution is 7.12. The van der Waals surface area contributed by atoms with E-state index in [1.807, 2.05) is 0 Å². The summed E-state index contributed by atoms with van der Waals surface area (Å²) in [5, 5.41) is 15.7. The Balaban J connectivity index is 1.94. The molecule has 0 saturated heterocycles. The first kappa shape index (κ1) is 14.8. The fraction of sp³-hybridized carbons (Fsp3) is 0.154. The Hall–Kier alpha value is -2.61. The predicted octanol–water partition coefficient (Wildman–Crippen LogP) is 1.45. The number of aromatic amines is 1. The summed E-state index contributed by atoms with van der Waals surface area (Å²) in [5.74, 6) is -1.98. The maximum atomic E-state index is 11.7. The van der Waals surface area contributed by atoms with Gasteiger partial charge in [0.15, 0.2) is 0 Å². The lowest BCUT2D eigenvalue weighted by atomic mass is 10.2. The first-order valence-electron chi connectivity index (χ1n) is 6.02. The topological polar surface area (TPSA) is 111 Å². The SMILES string of the molecule is Cc1[nH]cc(NC(=O)CNC(=O)c2cccs2)c1C(=O)O. The lowest BCUT2D eigenvalue weighted by molar-refractivity contribution is -0.115. The number of aromatic nitrogens is 1. The zero-order valence-corrected chi connectivity index (χ0v) is 11.9. The van der Waals surface area contributed by atoms with E-state index in [-0.39, 0.29) is 23.7 Å². The molecule has 4 N–H and O–H groups in total. The molecule has 0 atom stereocenters. The molecular weight excluding hydrogens is 294 g/mol. The largest absolute Gasteiger partial charge is 0.478 e. The van der Waals surface area contributed by atoms with Crippen molar-refractivity contribution in [3.8, 4) is 0 Å². The smallest absolute Gasteiger partial charge is 0.339 e. The van der Waals surface area contributed by atoms with Crippen LogP contribution in [0.1, 0.15) is 25.7 Å². The standard InChI is InChI=1S/C13H13N3O4S/c1-7-11(13(19)20)8(5-14-7)16-10(17)6-15-12(18)9-3-2-4-21-9/h2-5,14H,6H2,1H3,(H,15,18)(H,16,17)(H,19,20). The van der Waals surface area contributed by atoms with E-state index >= 15 is 0 Å². The molecule has 8 heteroatoms. The van der Waals surface area contributed by atoms with Crippen LogP contribution in [0.15, 0.2) is 23.7 Å². The van der Waals surface area contributed by atoms with Gasteiger partial charge in [-0.15, -0.1) is 11.3 Å². The van der Waals surface area contributed by atoms with Crippen molar-refractivity contribution in [2.45, 2.75) is 6.92 Å². The van der Waals surface area contributed by atoms with E-state index in [1.54, 1.807) is 24.4 Å². The molecule has 2 aromatic rings. The Morgan fingerprint density at radius 1 is 1.38 bits per heavy atom. The van der Waals surface area contributed by atoms with Crippen LogP contribution in [-0.2, 0) is 4.79 Å². The Labute approximate surface area is 124 Å². The van der Waals surface area contributed by atoms with Crippen molar-refractivity contribution in [3.63, 3.8) is 0 Å². The summed E-state index contributed by atoms with van der Waals surface area (Å²) in [7, 11) is 0. The second kappa shape index (κ2) is 6.23. The van der Waals surface area contributed by atoms with Gasteiger partial charge in [0.2, 0.25) is 5.91 Å². The normalized spacial score (nSPS) is 10.1. The zero-order chi connectivity index (χ0) is 15.4. The van der Waals surface area contributed by atoms with Crippen LogP contribution in [0, 0.1) is 6.92 Å². The van der Waals surface area contributed by atoms with Crippen molar-refractivity contribution in [1.82, 2.24) is 10.3 Å². The molecule has 2 amide bonds. The molecule has 0 radical (unpaired) electrons. The number of aryl methyl sites for hydroxylation is 1. The first-order valence-corrected chi connectivity index (χ1v) is 6.90. The third-order valence-electron chi connectivity index (χ3n) is 2.72. The molecule has 110 valence electrons. The van der Waals surface area contributed by atoms with E-state index in [9.17, 15) is 14.4 Å². The van der Waals surface area contributed by atoms with Gasteiger partial charge in [-0.3, -0.25) is 9.59 Å². The number of rotatable bonds is 5. The molecule has 0 unspecified atom stereocenters. The summed E-state index contributed by atoms with van der Waals surface area (Å²) in [6, 6.07) is 3.39. The number of thiophene rings is 1. The lowest BCUT2D eigenvalue weighted by Crippen LogP contribution is -2.32. The number of carbonyl (C=O) groups excluding carboxylic acids is 2. The van der Waals surface area contributed by atoms with Gasteiger partial charge >= 0.3 is 5.97 Å². The van der Waals surface area contributed by atoms with Gasteiger partial charge in [0.05, 0.1) is 17.1 Å². The minimum atomic E-state index is -1.13. The number of nitrogens with one attached hydrogen (secondary N) is 3. The van der Waals surface area contributed by atoms with Gasteiger partial charge in [0.1, 0.15) is 5.56 Å². The van der Waals surface area contributed by atoms with Gasteiger partial charge in [-0.1, -0.05) is 6.07 Å². The third kappa shape index (κ3) is 3.48. The zero-order valence-electron chi connectivity index (χ0n) is 11.1. The molecule has 0 aromatic carbocycles. The van der Waals surface area contributed by atoms with Gasteiger partial charge < -0.3 is 20.7 Å². The average molecular weight is 307 g/mol. The van der Waals surface area contributed by atoms with E-state index in [2.05, 4.69) is 15.6 Å². The van der Waals surface area contributed by atoms with Crippen molar-refractivity contribution < 1.29 is 19.5 Å². The second-order valence-corrected chi connectivity index (χ2v) is 5.16. The second-order valence-electron chi connectivity index (χ2n) is 4.22. The molecule has 21 heavy (non-hydrogen) atoms. The summed E-state index contributed by atoms with van der Waals surface area (Å²) in [6.45, 7) is 1.36. The van der Waals surface area contributed by atoms with E-state index in [4.69, 9.17) is 5.11 Å². The molecule has 0 aliphatic rings. The Morgan fingerprint density at radius 3 is 2.76 bits per heavy atom. The summed E-state index contributed by atoms with van der Waals surface area (Å²) in [6.07, 6.45) is 1.40. The van der Waals surface area contributed by atoms with E-state index < -0.39 is 11.9 Å². The number of anilines is 1. The van der Waals surface area contributed by atoms with E-state index in [0.717, 1.165) is 0 Å². The number of hydrogen-bond donors (Lipinski definition) is 4. The van der Waals surface area contributed by atoms with Crippen LogP contribution in [0.25, 0.3) is 0 Å². The lowest BCUT2D eigenvalue weighted by Gasteiger charge is -2.06. The fourth-order valence-corrected chi connectivity index (χ4v) is 2.39. The number of carbonyl (C=O) groups is 3. The monoisotopic (exact) mass is 307 g/mol. The number of amides is 2. The Kier molecular flexibility index (Phi) is 4.39. The van der Waals surface area contributed by atoms with Crippen LogP contribution in [-0.4, -0.2) is 34.4 Å². The number of carboxylic acid groups (broad SMARTS) is 1. The predicted molar refractivity (Wildman–Crippen MR) is 77.8 cm³/mol. The maximum absolute atomic E-state index is 11.7. The van der Waals surface area contributed by atoms with Crippen LogP contribution in [0.4, 0.5) is 5.69 Å². The molecule has 0 spiro atoms. The molecule has 0 saturated carbocycles. The molecule has 2 rings (SSSR count). The maximum Gasteiger partial charge on any atom is 0.339 e. The highest BCUT2D eigenvalue weighted by atomic mass is 32.1. The van der Waals surface area contributed by atoms with Gasteiger partial charge in [-0.05, 0) is 18.4 Å². The van der Waals surface area contributed by atoms with E-state index in [0.29, 0.717) is 10.6 Å². The summed E-state index contributed by atoms with van der Waals surface area (Å²) in [4.78, 5) is 37.7. The fourth-order valence-electron chi connectivity index (χ4n) is 1.75. The van der Waals surface area contributed by atoms with Crippen molar-refractivity contribution in [1.29, 1.82) is 0 Å². The van der Waals surface area contributed by atoms with Gasteiger partial charge in [0.25, 0.3) is 5.91 Å². The molecule has 0 aliphatic heterocycles. The third-order valence-corrected chi connectivity index (χ3v) is 3.59. The number of hydrogen-bond acceptors (Lipinski definition) is 4. The van der Waals surface area contributed by atoms with Crippen LogP contribution in [0.5, 0.6) is 0 Å². The van der Waals surface area contributed by atoms with Crippen LogP contribution >= 0.6 is 11.3 Å².